The minimum Gasteiger partial charge on any atom is -0.266 e. The van der Waals surface area contributed by atoms with Crippen LogP contribution in [0.3, 0.4) is 0 Å². The number of tetrazole rings is 1. The zero-order chi connectivity index (χ0) is 15.1. The van der Waals surface area contributed by atoms with Crippen LogP contribution < -0.4 is 0 Å². The number of nitrogens with zero attached hydrogens (tertiary/aromatic N) is 7. The van der Waals surface area contributed by atoms with Gasteiger partial charge in [-0.3, -0.25) is 4.68 Å². The monoisotopic (exact) mass is 312 g/mol. The minimum atomic E-state index is 0.420. The van der Waals surface area contributed by atoms with Gasteiger partial charge in [-0.25, -0.2) is 9.97 Å². The summed E-state index contributed by atoms with van der Waals surface area (Å²) in [5.74, 6) is 0.420. The number of hydrogen-bond donors (Lipinski definition) is 1. The lowest BCUT2D eigenvalue weighted by atomic mass is 10.1. The molecule has 0 saturated heterocycles. The van der Waals surface area contributed by atoms with Crippen molar-refractivity contribution in [2.24, 2.45) is 7.05 Å². The van der Waals surface area contributed by atoms with E-state index in [0.717, 1.165) is 22.2 Å². The van der Waals surface area contributed by atoms with Crippen molar-refractivity contribution < 1.29 is 0 Å². The van der Waals surface area contributed by atoms with Crippen molar-refractivity contribution in [1.29, 1.82) is 0 Å². The first kappa shape index (κ1) is 12.8. The predicted octanol–water partition coefficient (Wildman–Crippen LogP) is 1.86. The molecule has 0 aliphatic heterocycles. The molecule has 0 bridgehead atoms. The van der Waals surface area contributed by atoms with Gasteiger partial charge in [0.1, 0.15) is 12.0 Å². The van der Waals surface area contributed by atoms with Gasteiger partial charge < -0.3 is 0 Å². The van der Waals surface area contributed by atoms with Crippen LogP contribution in [0, 0.1) is 0 Å². The van der Waals surface area contributed by atoms with E-state index in [1.54, 1.807) is 10.7 Å². The molecule has 4 aromatic rings. The van der Waals surface area contributed by atoms with Gasteiger partial charge in [0.2, 0.25) is 5.82 Å². The van der Waals surface area contributed by atoms with E-state index in [2.05, 4.69) is 35.7 Å². The van der Waals surface area contributed by atoms with E-state index in [0.29, 0.717) is 16.7 Å². The molecular formula is C13H9ClN8. The Hall–Kier alpha value is -2.87. The maximum Gasteiger partial charge on any atom is 0.223 e. The molecule has 0 amide bonds. The van der Waals surface area contributed by atoms with Crippen LogP contribution in [-0.2, 0) is 7.05 Å². The van der Waals surface area contributed by atoms with Crippen LogP contribution in [0.4, 0.5) is 0 Å². The number of H-pyrrole nitrogens is 1. The van der Waals surface area contributed by atoms with Gasteiger partial charge in [-0.1, -0.05) is 17.7 Å². The van der Waals surface area contributed by atoms with Crippen LogP contribution in [0.1, 0.15) is 0 Å². The molecule has 9 heteroatoms. The molecule has 0 radical (unpaired) electrons. The fraction of sp³-hybridized carbons (Fsp3) is 0.0769. The van der Waals surface area contributed by atoms with Crippen molar-refractivity contribution in [3.63, 3.8) is 0 Å². The molecule has 108 valence electrons. The molecule has 4 rings (SSSR count). The summed E-state index contributed by atoms with van der Waals surface area (Å²) in [6.45, 7) is 0. The van der Waals surface area contributed by atoms with Gasteiger partial charge in [0.25, 0.3) is 0 Å². The molecule has 0 fully saturated rings. The number of aromatic amines is 1. The molecule has 0 unspecified atom stereocenters. The van der Waals surface area contributed by atoms with E-state index in [4.69, 9.17) is 11.6 Å². The van der Waals surface area contributed by atoms with Gasteiger partial charge in [-0.2, -0.15) is 10.3 Å². The highest BCUT2D eigenvalue weighted by Gasteiger charge is 2.11. The lowest BCUT2D eigenvalue weighted by Crippen LogP contribution is -1.91. The summed E-state index contributed by atoms with van der Waals surface area (Å²) in [5.41, 5.74) is 3.21. The third-order valence-electron chi connectivity index (χ3n) is 3.34. The van der Waals surface area contributed by atoms with Gasteiger partial charge in [-0.05, 0) is 23.4 Å². The maximum atomic E-state index is 6.15. The highest BCUT2D eigenvalue weighted by molar-refractivity contribution is 6.34. The molecule has 3 aromatic heterocycles. The van der Waals surface area contributed by atoms with Crippen molar-refractivity contribution in [3.8, 4) is 22.8 Å². The van der Waals surface area contributed by atoms with Gasteiger partial charge in [0, 0.05) is 18.0 Å². The standard InChI is InChI=1S/C13H9ClN8/c1-22-11-3-2-7(4-8(11)12(14)19-22)9-5-10(16-6-15-9)13-17-20-21-18-13/h2-6H,1H3,(H,17,18,20,21). The molecule has 8 nitrogen and oxygen atoms in total. The zero-order valence-electron chi connectivity index (χ0n) is 11.4. The molecule has 22 heavy (non-hydrogen) atoms. The average molecular weight is 313 g/mol. The molecule has 1 aromatic carbocycles. The maximum absolute atomic E-state index is 6.15. The Kier molecular flexibility index (Phi) is 2.83. The lowest BCUT2D eigenvalue weighted by molar-refractivity contribution is 0.797. The number of rotatable bonds is 2. The lowest BCUT2D eigenvalue weighted by Gasteiger charge is -2.02. The Morgan fingerprint density at radius 1 is 1.14 bits per heavy atom. The Balaban J connectivity index is 1.85. The quantitative estimate of drug-likeness (QED) is 0.606. The average Bonchev–Trinajstić information content (AvgIpc) is 3.17. The zero-order valence-corrected chi connectivity index (χ0v) is 12.2. The fourth-order valence-electron chi connectivity index (χ4n) is 2.29. The second-order valence-electron chi connectivity index (χ2n) is 4.67. The highest BCUT2D eigenvalue weighted by Crippen LogP contribution is 2.28. The third kappa shape index (κ3) is 2.01. The normalized spacial score (nSPS) is 11.2. The number of aromatic nitrogens is 8. The van der Waals surface area contributed by atoms with Crippen LogP contribution in [0.2, 0.25) is 5.15 Å². The summed E-state index contributed by atoms with van der Waals surface area (Å²) in [6, 6.07) is 7.67. The molecule has 0 spiro atoms. The van der Waals surface area contributed by atoms with E-state index < -0.39 is 0 Å². The minimum absolute atomic E-state index is 0.420. The van der Waals surface area contributed by atoms with Crippen LogP contribution in [-0.4, -0.2) is 40.4 Å². The van der Waals surface area contributed by atoms with Gasteiger partial charge in [0.05, 0.1) is 11.2 Å². The number of hydrogen-bond acceptors (Lipinski definition) is 6. The van der Waals surface area contributed by atoms with Crippen molar-refractivity contribution in [1.82, 2.24) is 40.4 Å². The Labute approximate surface area is 129 Å². The smallest absolute Gasteiger partial charge is 0.223 e. The first-order chi connectivity index (χ1) is 10.7. The molecule has 0 atom stereocenters. The third-order valence-corrected chi connectivity index (χ3v) is 3.62. The predicted molar refractivity (Wildman–Crippen MR) is 79.9 cm³/mol. The fourth-order valence-corrected chi connectivity index (χ4v) is 2.55. The Bertz CT molecular complexity index is 960. The number of benzene rings is 1. The molecule has 0 aliphatic carbocycles. The van der Waals surface area contributed by atoms with Crippen molar-refractivity contribution >= 4 is 22.5 Å². The summed E-state index contributed by atoms with van der Waals surface area (Å²) < 4.78 is 1.74. The number of nitrogens with one attached hydrogen (secondary N) is 1. The molecular weight excluding hydrogens is 304 g/mol. The van der Waals surface area contributed by atoms with Gasteiger partial charge >= 0.3 is 0 Å². The van der Waals surface area contributed by atoms with Crippen LogP contribution in [0.5, 0.6) is 0 Å². The van der Waals surface area contributed by atoms with Gasteiger partial charge in [-0.15, -0.1) is 10.2 Å². The Morgan fingerprint density at radius 2 is 2.00 bits per heavy atom. The van der Waals surface area contributed by atoms with E-state index in [-0.39, 0.29) is 0 Å². The number of aryl methyl sites for hydroxylation is 1. The molecule has 0 saturated carbocycles. The van der Waals surface area contributed by atoms with Crippen LogP contribution in [0.25, 0.3) is 33.7 Å². The molecule has 1 N–H and O–H groups in total. The summed E-state index contributed by atoms with van der Waals surface area (Å²) >= 11 is 6.15. The first-order valence-corrected chi connectivity index (χ1v) is 6.78. The second kappa shape index (κ2) is 4.85. The van der Waals surface area contributed by atoms with Crippen molar-refractivity contribution in [3.05, 3.63) is 35.7 Å². The van der Waals surface area contributed by atoms with Crippen molar-refractivity contribution in [2.75, 3.05) is 0 Å². The molecule has 3 heterocycles. The first-order valence-electron chi connectivity index (χ1n) is 6.41. The van der Waals surface area contributed by atoms with Crippen LogP contribution >= 0.6 is 11.6 Å². The largest absolute Gasteiger partial charge is 0.266 e. The summed E-state index contributed by atoms with van der Waals surface area (Å²) in [7, 11) is 1.85. The molecule has 0 aliphatic rings. The number of halogens is 1. The van der Waals surface area contributed by atoms with Crippen LogP contribution in [0.15, 0.2) is 30.6 Å². The van der Waals surface area contributed by atoms with E-state index in [9.17, 15) is 0 Å². The van der Waals surface area contributed by atoms with Crippen molar-refractivity contribution in [2.45, 2.75) is 0 Å². The summed E-state index contributed by atoms with van der Waals surface area (Å²) in [6.07, 6.45) is 1.47. The van der Waals surface area contributed by atoms with Gasteiger partial charge in [0.15, 0.2) is 5.15 Å². The summed E-state index contributed by atoms with van der Waals surface area (Å²) in [5, 5.41) is 19.3. The highest BCUT2D eigenvalue weighted by atomic mass is 35.5. The number of fused-ring (bicyclic) bond motifs is 1. The van der Waals surface area contributed by atoms with E-state index >= 15 is 0 Å². The van der Waals surface area contributed by atoms with E-state index in [1.165, 1.54) is 6.33 Å². The summed E-state index contributed by atoms with van der Waals surface area (Å²) in [4.78, 5) is 8.45. The SMILES string of the molecule is Cn1nc(Cl)c2cc(-c3cc(-c4nn[nH]n4)ncn3)ccc21. The Morgan fingerprint density at radius 3 is 2.82 bits per heavy atom. The second-order valence-corrected chi connectivity index (χ2v) is 5.03. The van der Waals surface area contributed by atoms with E-state index in [1.807, 2.05) is 25.2 Å². The topological polar surface area (TPSA) is 98.1 Å².